The van der Waals surface area contributed by atoms with Crippen LogP contribution in [0.2, 0.25) is 5.02 Å². The normalized spacial score (nSPS) is 9.45. The Morgan fingerprint density at radius 2 is 2.00 bits per heavy atom. The van der Waals surface area contributed by atoms with Gasteiger partial charge in [-0.1, -0.05) is 41.6 Å². The predicted molar refractivity (Wildman–Crippen MR) is 77.2 cm³/mol. The summed E-state index contributed by atoms with van der Waals surface area (Å²) in [7, 11) is 0. The molecule has 2 aromatic rings. The second kappa shape index (κ2) is 6.65. The van der Waals surface area contributed by atoms with Crippen molar-refractivity contribution in [2.24, 2.45) is 0 Å². The molecule has 0 atom stereocenters. The summed E-state index contributed by atoms with van der Waals surface area (Å²) in [6.07, 6.45) is 0. The van der Waals surface area contributed by atoms with Crippen LogP contribution >= 0.6 is 11.6 Å². The van der Waals surface area contributed by atoms with Crippen molar-refractivity contribution in [2.45, 2.75) is 0 Å². The molecule has 0 aliphatic heterocycles. The number of aromatic carboxylic acids is 1. The molecule has 0 saturated heterocycles. The van der Waals surface area contributed by atoms with E-state index < -0.39 is 5.97 Å². The molecule has 0 amide bonds. The molecule has 0 saturated carbocycles. The Balaban J connectivity index is 2.02. The van der Waals surface area contributed by atoms with Crippen molar-refractivity contribution in [3.8, 4) is 17.6 Å². The molecule has 0 fully saturated rings. The lowest BCUT2D eigenvalue weighted by atomic mass is 10.2. The van der Waals surface area contributed by atoms with E-state index in [1.807, 2.05) is 12.1 Å². The van der Waals surface area contributed by atoms with E-state index in [4.69, 9.17) is 21.4 Å². The number of halogens is 1. The molecule has 20 heavy (non-hydrogen) atoms. The summed E-state index contributed by atoms with van der Waals surface area (Å²) in [5.41, 5.74) is 0.907. The highest BCUT2D eigenvalue weighted by Gasteiger charge is 2.08. The van der Waals surface area contributed by atoms with Crippen LogP contribution in [0.1, 0.15) is 15.9 Å². The van der Waals surface area contributed by atoms with E-state index in [0.717, 1.165) is 5.56 Å². The minimum Gasteiger partial charge on any atom is -0.480 e. The van der Waals surface area contributed by atoms with Crippen molar-refractivity contribution in [3.63, 3.8) is 0 Å². The van der Waals surface area contributed by atoms with Crippen LogP contribution in [0.3, 0.4) is 0 Å². The number of para-hydroxylation sites is 1. The SMILES string of the molecule is O=C(O)c1ccccc1OCC#Cc1cccc(Cl)c1. The van der Waals surface area contributed by atoms with Gasteiger partial charge in [-0.15, -0.1) is 0 Å². The third kappa shape index (κ3) is 3.78. The van der Waals surface area contributed by atoms with Gasteiger partial charge in [0, 0.05) is 10.6 Å². The number of hydrogen-bond donors (Lipinski definition) is 1. The van der Waals surface area contributed by atoms with Gasteiger partial charge in [-0.25, -0.2) is 4.79 Å². The Hall–Kier alpha value is -2.44. The fraction of sp³-hybridized carbons (Fsp3) is 0.0625. The van der Waals surface area contributed by atoms with Crippen LogP contribution in [0.15, 0.2) is 48.5 Å². The number of carboxylic acid groups (broad SMARTS) is 1. The molecule has 0 unspecified atom stereocenters. The van der Waals surface area contributed by atoms with Crippen LogP contribution < -0.4 is 4.74 Å². The van der Waals surface area contributed by atoms with E-state index in [1.54, 1.807) is 30.3 Å². The maximum Gasteiger partial charge on any atom is 0.339 e. The minimum atomic E-state index is -1.02. The number of carboxylic acids is 1. The topological polar surface area (TPSA) is 46.5 Å². The zero-order chi connectivity index (χ0) is 14.4. The lowest BCUT2D eigenvalue weighted by Gasteiger charge is -2.05. The molecule has 0 radical (unpaired) electrons. The maximum absolute atomic E-state index is 11.0. The molecular weight excluding hydrogens is 276 g/mol. The van der Waals surface area contributed by atoms with Gasteiger partial charge in [0.2, 0.25) is 0 Å². The van der Waals surface area contributed by atoms with Gasteiger partial charge in [-0.3, -0.25) is 0 Å². The van der Waals surface area contributed by atoms with Crippen molar-refractivity contribution in [1.82, 2.24) is 0 Å². The van der Waals surface area contributed by atoms with Crippen molar-refractivity contribution in [3.05, 3.63) is 64.7 Å². The summed E-state index contributed by atoms with van der Waals surface area (Å²) in [6, 6.07) is 13.6. The number of hydrogen-bond acceptors (Lipinski definition) is 2. The summed E-state index contributed by atoms with van der Waals surface area (Å²) >= 11 is 5.84. The van der Waals surface area contributed by atoms with Gasteiger partial charge in [0.25, 0.3) is 0 Å². The van der Waals surface area contributed by atoms with Gasteiger partial charge < -0.3 is 9.84 Å². The Kier molecular flexibility index (Phi) is 4.65. The van der Waals surface area contributed by atoms with Crippen LogP contribution in [0.5, 0.6) is 5.75 Å². The molecule has 0 heterocycles. The fourth-order valence-electron chi connectivity index (χ4n) is 1.59. The molecule has 4 heteroatoms. The van der Waals surface area contributed by atoms with E-state index in [1.165, 1.54) is 6.07 Å². The number of ether oxygens (including phenoxy) is 1. The first-order valence-electron chi connectivity index (χ1n) is 5.86. The van der Waals surface area contributed by atoms with E-state index in [-0.39, 0.29) is 12.2 Å². The van der Waals surface area contributed by atoms with Crippen molar-refractivity contribution >= 4 is 17.6 Å². The van der Waals surface area contributed by atoms with E-state index in [9.17, 15) is 4.79 Å². The number of benzene rings is 2. The van der Waals surface area contributed by atoms with Gasteiger partial charge in [-0.2, -0.15) is 0 Å². The van der Waals surface area contributed by atoms with Gasteiger partial charge in [0.1, 0.15) is 17.9 Å². The van der Waals surface area contributed by atoms with Crippen molar-refractivity contribution in [2.75, 3.05) is 6.61 Å². The Morgan fingerprint density at radius 3 is 2.75 bits per heavy atom. The third-order valence-electron chi connectivity index (χ3n) is 2.47. The molecule has 1 N–H and O–H groups in total. The van der Waals surface area contributed by atoms with E-state index >= 15 is 0 Å². The molecule has 3 nitrogen and oxygen atoms in total. The van der Waals surface area contributed by atoms with Crippen LogP contribution in [0.25, 0.3) is 0 Å². The zero-order valence-electron chi connectivity index (χ0n) is 10.5. The van der Waals surface area contributed by atoms with Gasteiger partial charge in [-0.05, 0) is 30.3 Å². The Morgan fingerprint density at radius 1 is 1.20 bits per heavy atom. The molecule has 100 valence electrons. The van der Waals surface area contributed by atoms with Crippen LogP contribution in [-0.2, 0) is 0 Å². The summed E-state index contributed by atoms with van der Waals surface area (Å²) in [4.78, 5) is 11.0. The third-order valence-corrected chi connectivity index (χ3v) is 2.71. The van der Waals surface area contributed by atoms with Crippen LogP contribution in [0.4, 0.5) is 0 Å². The molecule has 0 bridgehead atoms. The predicted octanol–water partition coefficient (Wildman–Crippen LogP) is 3.47. The van der Waals surface area contributed by atoms with Gasteiger partial charge >= 0.3 is 5.97 Å². The van der Waals surface area contributed by atoms with E-state index in [2.05, 4.69) is 11.8 Å². The summed E-state index contributed by atoms with van der Waals surface area (Å²) in [6.45, 7) is 0.108. The van der Waals surface area contributed by atoms with Gasteiger partial charge in [0.15, 0.2) is 0 Å². The Bertz CT molecular complexity index is 683. The molecule has 0 spiro atoms. The highest BCUT2D eigenvalue weighted by Crippen LogP contribution is 2.17. The van der Waals surface area contributed by atoms with Crippen LogP contribution in [0, 0.1) is 11.8 Å². The maximum atomic E-state index is 11.0. The Labute approximate surface area is 121 Å². The quantitative estimate of drug-likeness (QED) is 0.879. The lowest BCUT2D eigenvalue weighted by molar-refractivity contribution is 0.0693. The molecule has 0 aliphatic carbocycles. The van der Waals surface area contributed by atoms with Gasteiger partial charge in [0.05, 0.1) is 0 Å². The molecule has 2 aromatic carbocycles. The molecular formula is C16H11ClO3. The first-order valence-corrected chi connectivity index (χ1v) is 6.24. The van der Waals surface area contributed by atoms with Crippen LogP contribution in [-0.4, -0.2) is 17.7 Å². The first kappa shape index (κ1) is 14.0. The van der Waals surface area contributed by atoms with E-state index in [0.29, 0.717) is 10.8 Å². The summed E-state index contributed by atoms with van der Waals surface area (Å²) in [5, 5.41) is 9.62. The van der Waals surface area contributed by atoms with Crippen molar-refractivity contribution in [1.29, 1.82) is 0 Å². The molecule has 0 aromatic heterocycles. The zero-order valence-corrected chi connectivity index (χ0v) is 11.2. The molecule has 2 rings (SSSR count). The van der Waals surface area contributed by atoms with Crippen molar-refractivity contribution < 1.29 is 14.6 Å². The largest absolute Gasteiger partial charge is 0.480 e. The highest BCUT2D eigenvalue weighted by atomic mass is 35.5. The summed E-state index contributed by atoms with van der Waals surface area (Å²) < 4.78 is 5.36. The standard InChI is InChI=1S/C16H11ClO3/c17-13-7-3-5-12(11-13)6-4-10-20-15-9-2-1-8-14(15)16(18)19/h1-3,5,7-9,11H,10H2,(H,18,19). The second-order valence-electron chi connectivity index (χ2n) is 3.90. The average Bonchev–Trinajstić information content (AvgIpc) is 2.44. The summed E-state index contributed by atoms with van der Waals surface area (Å²) in [5.74, 6) is 5.00. The first-order chi connectivity index (χ1) is 9.66. The minimum absolute atomic E-state index is 0.108. The monoisotopic (exact) mass is 286 g/mol. The highest BCUT2D eigenvalue weighted by molar-refractivity contribution is 6.30. The fourth-order valence-corrected chi connectivity index (χ4v) is 1.78. The molecule has 0 aliphatic rings. The second-order valence-corrected chi connectivity index (χ2v) is 4.34. The number of rotatable bonds is 3. The number of carbonyl (C=O) groups is 1. The lowest BCUT2D eigenvalue weighted by Crippen LogP contribution is -2.03. The average molecular weight is 287 g/mol. The smallest absolute Gasteiger partial charge is 0.339 e.